The third-order valence-electron chi connectivity index (χ3n) is 5.46. The van der Waals surface area contributed by atoms with Crippen molar-refractivity contribution in [2.24, 2.45) is 0 Å². The molecule has 0 radical (unpaired) electrons. The Kier molecular flexibility index (Phi) is 9.92. The van der Waals surface area contributed by atoms with Gasteiger partial charge in [-0.3, -0.25) is 14.7 Å². The Labute approximate surface area is 185 Å². The summed E-state index contributed by atoms with van der Waals surface area (Å²) < 4.78 is 5.38. The van der Waals surface area contributed by atoms with Gasteiger partial charge in [0, 0.05) is 38.9 Å². The van der Waals surface area contributed by atoms with Crippen LogP contribution in [0, 0.1) is 0 Å². The summed E-state index contributed by atoms with van der Waals surface area (Å²) in [4.78, 5) is 19.0. The van der Waals surface area contributed by atoms with E-state index in [0.717, 1.165) is 63.6 Å². The smallest absolute Gasteiger partial charge is 0.237 e. The fourth-order valence-electron chi connectivity index (χ4n) is 3.46. The van der Waals surface area contributed by atoms with Gasteiger partial charge in [0.25, 0.3) is 0 Å². The van der Waals surface area contributed by atoms with Crippen LogP contribution in [0.3, 0.4) is 0 Å². The molecule has 7 nitrogen and oxygen atoms in total. The molecule has 31 heavy (non-hydrogen) atoms. The fraction of sp³-hybridized carbons (Fsp3) is 0.500. The summed E-state index contributed by atoms with van der Waals surface area (Å²) >= 11 is 0. The van der Waals surface area contributed by atoms with Crippen LogP contribution < -0.4 is 16.0 Å². The summed E-state index contributed by atoms with van der Waals surface area (Å²) in [5.74, 6) is -0.0121. The van der Waals surface area contributed by atoms with Gasteiger partial charge in [0.15, 0.2) is 0 Å². The fourth-order valence-corrected chi connectivity index (χ4v) is 3.46. The predicted octanol–water partition coefficient (Wildman–Crippen LogP) is 1.69. The highest BCUT2D eigenvalue weighted by molar-refractivity contribution is 5.81. The molecule has 0 spiro atoms. The van der Waals surface area contributed by atoms with Crippen LogP contribution >= 0.6 is 0 Å². The molecule has 1 aliphatic rings. The maximum absolute atomic E-state index is 12.3. The van der Waals surface area contributed by atoms with Crippen LogP contribution in [0.25, 0.3) is 0 Å². The number of carbonyl (C=O) groups is 1. The number of hydrogen-bond donors (Lipinski definition) is 3. The van der Waals surface area contributed by atoms with Crippen molar-refractivity contribution < 1.29 is 9.53 Å². The van der Waals surface area contributed by atoms with Gasteiger partial charge in [0.1, 0.15) is 0 Å². The molecule has 2 aromatic rings. The number of aromatic nitrogens is 1. The number of pyridine rings is 1. The van der Waals surface area contributed by atoms with Crippen molar-refractivity contribution in [3.05, 3.63) is 65.5 Å². The molecule has 1 aromatic heterocycles. The molecule has 3 rings (SSSR count). The molecule has 0 bridgehead atoms. The van der Waals surface area contributed by atoms with Gasteiger partial charge in [-0.25, -0.2) is 0 Å². The van der Waals surface area contributed by atoms with E-state index in [1.807, 2.05) is 25.1 Å². The molecule has 0 saturated carbocycles. The van der Waals surface area contributed by atoms with E-state index < -0.39 is 0 Å². The average molecular weight is 426 g/mol. The van der Waals surface area contributed by atoms with Crippen molar-refractivity contribution in [3.63, 3.8) is 0 Å². The zero-order valence-electron chi connectivity index (χ0n) is 18.5. The quantitative estimate of drug-likeness (QED) is 0.449. The van der Waals surface area contributed by atoms with Crippen LogP contribution in [-0.2, 0) is 29.2 Å². The molecule has 0 aliphatic carbocycles. The SMILES string of the molecule is C[C@H](NCc1ccccn1)C(=O)NCc1ccc(CNCCCN2CCOCC2)cc1. The number of benzene rings is 1. The van der Waals surface area contributed by atoms with E-state index in [4.69, 9.17) is 4.74 Å². The first-order valence-electron chi connectivity index (χ1n) is 11.2. The van der Waals surface area contributed by atoms with E-state index >= 15 is 0 Å². The summed E-state index contributed by atoms with van der Waals surface area (Å²) in [6.07, 6.45) is 2.91. The first-order valence-corrected chi connectivity index (χ1v) is 11.2. The highest BCUT2D eigenvalue weighted by Gasteiger charge is 2.12. The maximum atomic E-state index is 12.3. The monoisotopic (exact) mass is 425 g/mol. The van der Waals surface area contributed by atoms with Gasteiger partial charge >= 0.3 is 0 Å². The standard InChI is InChI=1S/C24H35N5O2/c1-20(27-19-23-5-2-3-11-26-23)24(30)28-18-22-8-6-21(7-9-22)17-25-10-4-12-29-13-15-31-16-14-29/h2-3,5-9,11,20,25,27H,4,10,12-19H2,1H3,(H,28,30)/t20-/m0/s1. The summed E-state index contributed by atoms with van der Waals surface area (Å²) in [5.41, 5.74) is 3.28. The summed E-state index contributed by atoms with van der Waals surface area (Å²) in [6.45, 7) is 9.81. The minimum Gasteiger partial charge on any atom is -0.379 e. The number of rotatable bonds is 12. The highest BCUT2D eigenvalue weighted by atomic mass is 16.5. The Morgan fingerprint density at radius 1 is 1.06 bits per heavy atom. The highest BCUT2D eigenvalue weighted by Crippen LogP contribution is 2.05. The van der Waals surface area contributed by atoms with Gasteiger partial charge in [0.05, 0.1) is 24.9 Å². The number of nitrogens with zero attached hydrogens (tertiary/aromatic N) is 2. The van der Waals surface area contributed by atoms with E-state index in [0.29, 0.717) is 13.1 Å². The van der Waals surface area contributed by atoms with E-state index in [1.54, 1.807) is 6.20 Å². The number of carbonyl (C=O) groups excluding carboxylic acids is 1. The summed E-state index contributed by atoms with van der Waals surface area (Å²) in [7, 11) is 0. The van der Waals surface area contributed by atoms with Gasteiger partial charge in [-0.1, -0.05) is 30.3 Å². The van der Waals surface area contributed by atoms with E-state index in [1.165, 1.54) is 5.56 Å². The summed E-state index contributed by atoms with van der Waals surface area (Å²) in [6, 6.07) is 13.9. The van der Waals surface area contributed by atoms with E-state index in [2.05, 4.69) is 50.1 Å². The van der Waals surface area contributed by atoms with Crippen LogP contribution in [0.15, 0.2) is 48.7 Å². The first kappa shape index (κ1) is 23.3. The lowest BCUT2D eigenvalue weighted by Crippen LogP contribution is -2.41. The summed E-state index contributed by atoms with van der Waals surface area (Å²) in [5, 5.41) is 9.71. The third-order valence-corrected chi connectivity index (χ3v) is 5.46. The molecule has 0 unspecified atom stereocenters. The van der Waals surface area contributed by atoms with Gasteiger partial charge < -0.3 is 20.7 Å². The predicted molar refractivity (Wildman–Crippen MR) is 122 cm³/mol. The first-order chi connectivity index (χ1) is 15.2. The molecule has 1 saturated heterocycles. The lowest BCUT2D eigenvalue weighted by molar-refractivity contribution is -0.122. The zero-order chi connectivity index (χ0) is 21.7. The molecule has 1 atom stereocenters. The molecule has 7 heteroatoms. The normalized spacial score (nSPS) is 15.5. The number of ether oxygens (including phenoxy) is 1. The van der Waals surface area contributed by atoms with Crippen molar-refractivity contribution in [2.45, 2.75) is 39.0 Å². The Hall–Kier alpha value is -2.32. The van der Waals surface area contributed by atoms with E-state index in [9.17, 15) is 4.79 Å². The number of nitrogens with one attached hydrogen (secondary N) is 3. The zero-order valence-corrected chi connectivity index (χ0v) is 18.5. The molecule has 168 valence electrons. The molecule has 2 heterocycles. The molecule has 1 amide bonds. The molecular formula is C24H35N5O2. The second-order valence-electron chi connectivity index (χ2n) is 7.94. The van der Waals surface area contributed by atoms with E-state index in [-0.39, 0.29) is 11.9 Å². The Balaban J connectivity index is 1.28. The van der Waals surface area contributed by atoms with Crippen LogP contribution in [0.1, 0.15) is 30.2 Å². The van der Waals surface area contributed by atoms with Crippen LogP contribution in [0.2, 0.25) is 0 Å². The van der Waals surface area contributed by atoms with Gasteiger partial charge in [-0.15, -0.1) is 0 Å². The van der Waals surface area contributed by atoms with Crippen molar-refractivity contribution in [1.82, 2.24) is 25.8 Å². The second-order valence-corrected chi connectivity index (χ2v) is 7.94. The largest absolute Gasteiger partial charge is 0.379 e. The van der Waals surface area contributed by atoms with Crippen molar-refractivity contribution in [2.75, 3.05) is 39.4 Å². The second kappa shape index (κ2) is 13.2. The van der Waals surface area contributed by atoms with Crippen molar-refractivity contribution in [3.8, 4) is 0 Å². The van der Waals surface area contributed by atoms with Crippen molar-refractivity contribution in [1.29, 1.82) is 0 Å². The topological polar surface area (TPSA) is 78.5 Å². The van der Waals surface area contributed by atoms with Gasteiger partial charge in [-0.05, 0) is 49.7 Å². The van der Waals surface area contributed by atoms with Crippen LogP contribution in [-0.4, -0.2) is 61.2 Å². The van der Waals surface area contributed by atoms with Crippen molar-refractivity contribution >= 4 is 5.91 Å². The van der Waals surface area contributed by atoms with Gasteiger partial charge in [0.2, 0.25) is 5.91 Å². The molecule has 3 N–H and O–H groups in total. The van der Waals surface area contributed by atoms with Gasteiger partial charge in [-0.2, -0.15) is 0 Å². The third kappa shape index (κ3) is 8.75. The lowest BCUT2D eigenvalue weighted by Gasteiger charge is -2.26. The number of morpholine rings is 1. The van der Waals surface area contributed by atoms with Crippen LogP contribution in [0.4, 0.5) is 0 Å². The Morgan fingerprint density at radius 3 is 2.52 bits per heavy atom. The Morgan fingerprint density at radius 2 is 1.81 bits per heavy atom. The maximum Gasteiger partial charge on any atom is 0.237 e. The minimum absolute atomic E-state index is 0.0121. The molecule has 1 fully saturated rings. The molecule has 1 aromatic carbocycles. The lowest BCUT2D eigenvalue weighted by atomic mass is 10.1. The number of amides is 1. The number of hydrogen-bond acceptors (Lipinski definition) is 6. The minimum atomic E-state index is -0.275. The average Bonchev–Trinajstić information content (AvgIpc) is 2.83. The molecule has 1 aliphatic heterocycles. The Bertz CT molecular complexity index is 763. The molecular weight excluding hydrogens is 390 g/mol. The van der Waals surface area contributed by atoms with Crippen LogP contribution in [0.5, 0.6) is 0 Å².